The van der Waals surface area contributed by atoms with Gasteiger partial charge in [-0.15, -0.1) is 0 Å². The van der Waals surface area contributed by atoms with Crippen LogP contribution < -0.4 is 28.4 Å². The number of aromatic nitrogens is 2. The van der Waals surface area contributed by atoms with Crippen molar-refractivity contribution in [1.82, 2.24) is 9.97 Å². The van der Waals surface area contributed by atoms with Gasteiger partial charge in [-0.3, -0.25) is 18.4 Å². The molecule has 2 aliphatic heterocycles. The van der Waals surface area contributed by atoms with Crippen LogP contribution in [0.5, 0.6) is 34.5 Å². The van der Waals surface area contributed by atoms with Gasteiger partial charge in [0.05, 0.1) is 20.8 Å². The number of allylic oxidation sites excluding steroid dienone is 6. The summed E-state index contributed by atoms with van der Waals surface area (Å²) in [4.78, 5) is 19.1. The van der Waals surface area contributed by atoms with E-state index in [9.17, 15) is 0 Å². The van der Waals surface area contributed by atoms with Crippen molar-refractivity contribution < 1.29 is 46.3 Å². The molecular formula is C59H69N5O6SiZn-2. The number of benzene rings is 2. The molecule has 11 nitrogen and oxygen atoms in total. The number of rotatable bonds is 23. The zero-order chi connectivity index (χ0) is 52.1. The van der Waals surface area contributed by atoms with Crippen molar-refractivity contribution in [2.45, 2.75) is 97.7 Å². The van der Waals surface area contributed by atoms with Crippen LogP contribution in [0.1, 0.15) is 109 Å². The predicted octanol–water partition coefficient (Wildman–Crippen LogP) is 13.7. The van der Waals surface area contributed by atoms with Crippen LogP contribution in [0, 0.1) is 18.0 Å². The third-order valence-electron chi connectivity index (χ3n) is 13.2. The summed E-state index contributed by atoms with van der Waals surface area (Å²) in [6.45, 7) is 25.4. The van der Waals surface area contributed by atoms with Gasteiger partial charge in [-0.1, -0.05) is 32.3 Å². The topological polar surface area (TPSA) is 133 Å². The maximum atomic E-state index is 9.08. The molecule has 0 aliphatic carbocycles. The Morgan fingerprint density at radius 3 is 1.65 bits per heavy atom. The Kier molecular flexibility index (Phi) is 19.2. The van der Waals surface area contributed by atoms with Crippen molar-refractivity contribution in [2.24, 2.45) is 9.98 Å². The molecule has 0 saturated carbocycles. The van der Waals surface area contributed by atoms with Crippen LogP contribution in [0.25, 0.3) is 22.5 Å². The fourth-order valence-electron chi connectivity index (χ4n) is 9.53. The number of nitrogens with zero attached hydrogens (tertiary/aromatic N) is 3. The summed E-state index contributed by atoms with van der Waals surface area (Å²) < 4.78 is 37.1. The first-order valence-corrected chi connectivity index (χ1v) is 28.6. The van der Waals surface area contributed by atoms with Gasteiger partial charge in [0.15, 0.2) is 11.5 Å². The summed E-state index contributed by atoms with van der Waals surface area (Å²) in [5.41, 5.74) is 23.1. The van der Waals surface area contributed by atoms with Gasteiger partial charge < -0.3 is 19.9 Å². The molecule has 0 spiro atoms. The quantitative estimate of drug-likeness (QED) is 0.0257. The van der Waals surface area contributed by atoms with E-state index in [2.05, 4.69) is 84.0 Å². The van der Waals surface area contributed by atoms with E-state index in [-0.39, 0.29) is 5.70 Å². The van der Waals surface area contributed by atoms with E-state index < -0.39 is 8.07 Å². The Balaban J connectivity index is 1.54. The number of hydrogen-bond donors (Lipinski definition) is 1. The molecule has 0 fully saturated rings. The van der Waals surface area contributed by atoms with E-state index in [0.717, 1.165) is 87.1 Å². The number of nitrogens with one attached hydrogen (secondary N) is 2. The predicted molar refractivity (Wildman–Crippen MR) is 294 cm³/mol. The number of hydrogen-bond acceptors (Lipinski definition) is 9. The summed E-state index contributed by atoms with van der Waals surface area (Å²) in [5, 5.41) is 0. The van der Waals surface area contributed by atoms with Gasteiger partial charge in [-0.25, -0.2) is 0 Å². The minimum atomic E-state index is -1.98. The number of pyridine rings is 1. The van der Waals surface area contributed by atoms with E-state index in [1.165, 1.54) is 6.08 Å². The molecule has 0 unspecified atom stereocenters. The first-order valence-electron chi connectivity index (χ1n) is 24.9. The second-order valence-electron chi connectivity index (χ2n) is 18.6. The van der Waals surface area contributed by atoms with Crippen molar-refractivity contribution in [1.29, 1.82) is 0 Å². The van der Waals surface area contributed by atoms with Crippen molar-refractivity contribution in [3.63, 3.8) is 0 Å². The summed E-state index contributed by atoms with van der Waals surface area (Å²) in [5.74, 6) is 6.75. The molecule has 0 atom stereocenters. The van der Waals surface area contributed by atoms with Gasteiger partial charge >= 0.3 is 302 Å². The number of ether oxygens (including phenoxy) is 6. The van der Waals surface area contributed by atoms with E-state index >= 15 is 0 Å². The molecule has 0 saturated heterocycles. The third-order valence-corrected chi connectivity index (χ3v) is 20.6. The summed E-state index contributed by atoms with van der Waals surface area (Å²) in [7, 11) is 4.47. The van der Waals surface area contributed by atoms with Gasteiger partial charge in [0.2, 0.25) is 5.75 Å². The maximum absolute atomic E-state index is 9.08. The van der Waals surface area contributed by atoms with E-state index in [1.807, 2.05) is 66.7 Å². The SMILES string of the molecule is [CH-]=C/C([NH-])=C(C1=N/C(=C(/c2ccccn2)c2ccc(/C(=C3/C=CC([C](=[Zn])C#C[Si](C(C)C)(C(C)C)C(C)C)=N3)c3cc(OC)c(OCCCC)c(OC)c3)[nH]2)C=C1)\c1cc(OC)c(OCCCC)c(OC)c1. The van der Waals surface area contributed by atoms with E-state index in [1.54, 1.807) is 34.6 Å². The molecule has 0 amide bonds. The van der Waals surface area contributed by atoms with Crippen LogP contribution in [0.3, 0.4) is 0 Å². The normalized spacial score (nSPS) is 15.0. The number of H-pyrrole nitrogens is 1. The fraction of sp³-hybridized carbons (Fsp3) is 0.356. The van der Waals surface area contributed by atoms with Gasteiger partial charge in [0.25, 0.3) is 0 Å². The third kappa shape index (κ3) is 11.9. The average Bonchev–Trinajstić information content (AvgIpc) is 4.18. The second kappa shape index (κ2) is 25.3. The molecule has 4 aromatic rings. The zero-order valence-electron chi connectivity index (χ0n) is 44.2. The summed E-state index contributed by atoms with van der Waals surface area (Å²) in [6, 6.07) is 17.5. The Hall–Kier alpha value is -6.48. The average molecular weight is 1040 g/mol. The van der Waals surface area contributed by atoms with Crippen LogP contribution in [0.15, 0.2) is 118 Å². The van der Waals surface area contributed by atoms with E-state index in [4.69, 9.17) is 55.7 Å². The number of unbranched alkanes of at least 4 members (excludes halogenated alkanes) is 2. The van der Waals surface area contributed by atoms with Crippen molar-refractivity contribution in [3.8, 4) is 46.0 Å². The molecule has 0 bridgehead atoms. The molecule has 2 aliphatic rings. The summed E-state index contributed by atoms with van der Waals surface area (Å²) >= 11 is 0.870. The number of aromatic amines is 1. The van der Waals surface area contributed by atoms with Crippen LogP contribution in [-0.2, 0) is 17.9 Å². The number of methoxy groups -OCH3 is 4. The fourth-order valence-corrected chi connectivity index (χ4v) is 15.7. The van der Waals surface area contributed by atoms with Gasteiger partial charge in [-0.2, -0.15) is 0 Å². The number of aliphatic imine (C=N–C) groups is 2. The molecular weight excluding hydrogens is 968 g/mol. The van der Waals surface area contributed by atoms with Gasteiger partial charge in [0, 0.05) is 0 Å². The van der Waals surface area contributed by atoms with E-state index in [0.29, 0.717) is 92.6 Å². The zero-order valence-corrected chi connectivity index (χ0v) is 48.2. The van der Waals surface area contributed by atoms with Crippen molar-refractivity contribution in [3.05, 3.63) is 149 Å². The molecule has 2 N–H and O–H groups in total. The minimum absolute atomic E-state index is 0.0698. The first-order chi connectivity index (χ1) is 34.7. The van der Waals surface area contributed by atoms with Crippen molar-refractivity contribution in [2.75, 3.05) is 41.7 Å². The Bertz CT molecular complexity index is 2850. The minimum Gasteiger partial charge on any atom is -0.493 e. The van der Waals surface area contributed by atoms with Crippen LogP contribution in [0.4, 0.5) is 0 Å². The van der Waals surface area contributed by atoms with Crippen LogP contribution in [0.2, 0.25) is 16.6 Å². The molecule has 72 heavy (non-hydrogen) atoms. The molecule has 2 aromatic carbocycles. The molecule has 0 radical (unpaired) electrons. The van der Waals surface area contributed by atoms with Crippen molar-refractivity contribution >= 4 is 40.3 Å². The Labute approximate surface area is 438 Å². The smallest absolute Gasteiger partial charge is 0.493 e. The van der Waals surface area contributed by atoms with Crippen LogP contribution >= 0.6 is 0 Å². The monoisotopic (exact) mass is 1040 g/mol. The molecule has 4 heterocycles. The van der Waals surface area contributed by atoms with Gasteiger partial charge in [-0.05, 0) is 30.2 Å². The molecule has 374 valence electrons. The van der Waals surface area contributed by atoms with Crippen LogP contribution in [-0.4, -0.2) is 75.2 Å². The molecule has 6 rings (SSSR count). The summed E-state index contributed by atoms with van der Waals surface area (Å²) in [6.07, 6.45) is 14.7. The standard InChI is InChI=1S/C59H69N5O6Si.Zn/c1-14-17-31-69-58-51(65-10)34-41(35-52(58)66-11)55(44(60)16-3)46-26-28-49(63-46)57(45-23-19-20-30-61-45)50-29-27-48(64-50)56(42-36-53(67-12)59(54(37-42)68-13)70-32-18-15-2)47-25-24-43(62-47)22-21-33-71(38(4)5,39(6)7)40(8)9;/h3,16,19-20,23-30,34-40,60,64H,14-15,17-18,31-32H2,1-2,4-13H3;/q-2;/b55-44-,56-47-,57-49-;. The Morgan fingerprint density at radius 1 is 0.694 bits per heavy atom. The van der Waals surface area contributed by atoms with Gasteiger partial charge in [0.1, 0.15) is 0 Å². The first kappa shape index (κ1) is 54.8. The second-order valence-corrected chi connectivity index (χ2v) is 25.7. The Morgan fingerprint density at radius 2 is 1.18 bits per heavy atom. The molecule has 2 aromatic heterocycles. The molecule has 13 heteroatoms.